The van der Waals surface area contributed by atoms with Crippen molar-refractivity contribution < 1.29 is 9.90 Å². The molecule has 0 saturated heterocycles. The largest absolute Gasteiger partial charge is 0.480 e. The summed E-state index contributed by atoms with van der Waals surface area (Å²) >= 11 is 0. The summed E-state index contributed by atoms with van der Waals surface area (Å²) in [6.07, 6.45) is 2.55. The van der Waals surface area contributed by atoms with Gasteiger partial charge in [0.15, 0.2) is 0 Å². The van der Waals surface area contributed by atoms with Gasteiger partial charge >= 0.3 is 5.97 Å². The molecule has 2 N–H and O–H groups in total. The molecule has 3 nitrogen and oxygen atoms in total. The van der Waals surface area contributed by atoms with Crippen molar-refractivity contribution in [1.82, 2.24) is 5.32 Å². The van der Waals surface area contributed by atoms with Crippen LogP contribution in [0.1, 0.15) is 41.5 Å². The third-order valence-corrected chi connectivity index (χ3v) is 3.89. The van der Waals surface area contributed by atoms with Gasteiger partial charge < -0.3 is 5.11 Å². The molecule has 0 heterocycles. The molecular formula is C18H19NO2. The maximum atomic E-state index is 11.4. The first kappa shape index (κ1) is 13.8. The van der Waals surface area contributed by atoms with Crippen molar-refractivity contribution in [1.29, 1.82) is 0 Å². The molecule has 1 aliphatic carbocycles. The molecule has 1 saturated carbocycles. The number of carboxylic acid groups (broad SMARTS) is 1. The summed E-state index contributed by atoms with van der Waals surface area (Å²) in [5, 5.41) is 12.5. The van der Waals surface area contributed by atoms with Gasteiger partial charge in [-0.2, -0.15) is 0 Å². The number of nitrogens with one attached hydrogen (secondary N) is 1. The van der Waals surface area contributed by atoms with Gasteiger partial charge in [0.05, 0.1) is 0 Å². The second-order valence-electron chi connectivity index (χ2n) is 5.58. The highest BCUT2D eigenvalue weighted by Crippen LogP contribution is 2.40. The van der Waals surface area contributed by atoms with E-state index in [1.54, 1.807) is 0 Å². The van der Waals surface area contributed by atoms with Crippen LogP contribution in [0.4, 0.5) is 0 Å². The van der Waals surface area contributed by atoms with E-state index in [9.17, 15) is 9.90 Å². The van der Waals surface area contributed by atoms with Crippen LogP contribution in [-0.4, -0.2) is 11.1 Å². The topological polar surface area (TPSA) is 49.3 Å². The first-order valence-electron chi connectivity index (χ1n) is 7.34. The fourth-order valence-corrected chi connectivity index (χ4v) is 2.59. The number of hydrogen-bond donors (Lipinski definition) is 2. The van der Waals surface area contributed by atoms with Crippen LogP contribution >= 0.6 is 0 Å². The molecule has 3 heteroatoms. The Morgan fingerprint density at radius 1 is 1.14 bits per heavy atom. The summed E-state index contributed by atoms with van der Waals surface area (Å²) in [5.74, 6) is -0.131. The molecule has 0 aromatic heterocycles. The van der Waals surface area contributed by atoms with E-state index in [0.717, 1.165) is 11.1 Å². The SMILES string of the molecule is O=C(O)[C@@H](NCc1cccc(C2CC2)c1)c1ccccc1. The zero-order chi connectivity index (χ0) is 14.7. The van der Waals surface area contributed by atoms with E-state index >= 15 is 0 Å². The fourth-order valence-electron chi connectivity index (χ4n) is 2.59. The zero-order valence-electron chi connectivity index (χ0n) is 11.8. The van der Waals surface area contributed by atoms with Gasteiger partial charge in [0, 0.05) is 6.54 Å². The number of carboxylic acids is 1. The van der Waals surface area contributed by atoms with Crippen molar-refractivity contribution in [3.05, 3.63) is 71.3 Å². The lowest BCUT2D eigenvalue weighted by atomic mass is 10.0. The molecule has 108 valence electrons. The Kier molecular flexibility index (Phi) is 4.02. The third-order valence-electron chi connectivity index (χ3n) is 3.89. The zero-order valence-corrected chi connectivity index (χ0v) is 11.8. The lowest BCUT2D eigenvalue weighted by Crippen LogP contribution is -2.28. The summed E-state index contributed by atoms with van der Waals surface area (Å²) < 4.78 is 0. The third kappa shape index (κ3) is 3.50. The minimum atomic E-state index is -0.848. The number of rotatable bonds is 6. The Morgan fingerprint density at radius 3 is 2.57 bits per heavy atom. The van der Waals surface area contributed by atoms with Crippen LogP contribution < -0.4 is 5.32 Å². The predicted molar refractivity (Wildman–Crippen MR) is 82.1 cm³/mol. The first-order chi connectivity index (χ1) is 10.2. The van der Waals surface area contributed by atoms with E-state index in [1.807, 2.05) is 36.4 Å². The van der Waals surface area contributed by atoms with Crippen LogP contribution in [0, 0.1) is 0 Å². The lowest BCUT2D eigenvalue weighted by molar-refractivity contribution is -0.139. The maximum absolute atomic E-state index is 11.4. The molecule has 1 fully saturated rings. The highest BCUT2D eigenvalue weighted by atomic mass is 16.4. The molecule has 1 aliphatic rings. The average molecular weight is 281 g/mol. The molecular weight excluding hydrogens is 262 g/mol. The van der Waals surface area contributed by atoms with E-state index in [-0.39, 0.29) is 0 Å². The molecule has 1 atom stereocenters. The summed E-state index contributed by atoms with van der Waals surface area (Å²) in [6, 6.07) is 17.1. The first-order valence-corrected chi connectivity index (χ1v) is 7.34. The maximum Gasteiger partial charge on any atom is 0.325 e. The van der Waals surface area contributed by atoms with E-state index in [0.29, 0.717) is 12.5 Å². The quantitative estimate of drug-likeness (QED) is 0.852. The molecule has 2 aromatic carbocycles. The Morgan fingerprint density at radius 2 is 1.90 bits per heavy atom. The molecule has 0 spiro atoms. The second kappa shape index (κ2) is 6.10. The molecule has 2 aromatic rings. The number of hydrogen-bond acceptors (Lipinski definition) is 2. The molecule has 21 heavy (non-hydrogen) atoms. The smallest absolute Gasteiger partial charge is 0.325 e. The Labute approximate surface area is 124 Å². The Balaban J connectivity index is 1.69. The van der Waals surface area contributed by atoms with Crippen LogP contribution in [-0.2, 0) is 11.3 Å². The van der Waals surface area contributed by atoms with Gasteiger partial charge in [0.2, 0.25) is 0 Å². The van der Waals surface area contributed by atoms with E-state index in [1.165, 1.54) is 18.4 Å². The number of aliphatic carboxylic acids is 1. The van der Waals surface area contributed by atoms with Crippen molar-refractivity contribution in [3.63, 3.8) is 0 Å². The lowest BCUT2D eigenvalue weighted by Gasteiger charge is -2.15. The minimum Gasteiger partial charge on any atom is -0.480 e. The molecule has 0 radical (unpaired) electrons. The van der Waals surface area contributed by atoms with Crippen molar-refractivity contribution in [3.8, 4) is 0 Å². The van der Waals surface area contributed by atoms with Crippen LogP contribution in [0.2, 0.25) is 0 Å². The van der Waals surface area contributed by atoms with Gasteiger partial charge in [0.1, 0.15) is 6.04 Å². The molecule has 0 amide bonds. The fraction of sp³-hybridized carbons (Fsp3) is 0.278. The van der Waals surface area contributed by atoms with Crippen LogP contribution in [0.5, 0.6) is 0 Å². The summed E-state index contributed by atoms with van der Waals surface area (Å²) in [6.45, 7) is 0.562. The van der Waals surface area contributed by atoms with Crippen LogP contribution in [0.25, 0.3) is 0 Å². The summed E-state index contributed by atoms with van der Waals surface area (Å²) in [4.78, 5) is 11.4. The average Bonchev–Trinajstić information content (AvgIpc) is 3.33. The highest BCUT2D eigenvalue weighted by Gasteiger charge is 2.23. The van der Waals surface area contributed by atoms with Gasteiger partial charge in [-0.3, -0.25) is 10.1 Å². The molecule has 3 rings (SSSR count). The standard InChI is InChI=1S/C18H19NO2/c20-18(21)17(15-6-2-1-3-7-15)19-12-13-5-4-8-16(11-13)14-9-10-14/h1-8,11,14,17,19H,9-10,12H2,(H,20,21)/t17-/m0/s1. The molecule has 0 aliphatic heterocycles. The molecule has 0 unspecified atom stereocenters. The van der Waals surface area contributed by atoms with Crippen LogP contribution in [0.3, 0.4) is 0 Å². The number of carbonyl (C=O) groups is 1. The Bertz CT molecular complexity index is 620. The molecule has 0 bridgehead atoms. The monoisotopic (exact) mass is 281 g/mol. The summed E-state index contributed by atoms with van der Waals surface area (Å²) in [5.41, 5.74) is 3.30. The van der Waals surface area contributed by atoms with Gasteiger partial charge in [-0.15, -0.1) is 0 Å². The summed E-state index contributed by atoms with van der Waals surface area (Å²) in [7, 11) is 0. The minimum absolute atomic E-state index is 0.562. The van der Waals surface area contributed by atoms with E-state index in [4.69, 9.17) is 0 Å². The van der Waals surface area contributed by atoms with Gasteiger partial charge in [-0.25, -0.2) is 0 Å². The normalized spacial score (nSPS) is 15.6. The van der Waals surface area contributed by atoms with Crippen molar-refractivity contribution >= 4 is 5.97 Å². The Hall–Kier alpha value is -2.13. The predicted octanol–water partition coefficient (Wildman–Crippen LogP) is 3.48. The number of benzene rings is 2. The van der Waals surface area contributed by atoms with Gasteiger partial charge in [-0.1, -0.05) is 54.6 Å². The highest BCUT2D eigenvalue weighted by molar-refractivity contribution is 5.75. The van der Waals surface area contributed by atoms with Crippen molar-refractivity contribution in [2.75, 3.05) is 0 Å². The van der Waals surface area contributed by atoms with Gasteiger partial charge in [-0.05, 0) is 35.4 Å². The van der Waals surface area contributed by atoms with Gasteiger partial charge in [0.25, 0.3) is 0 Å². The van der Waals surface area contributed by atoms with Crippen LogP contribution in [0.15, 0.2) is 54.6 Å². The van der Waals surface area contributed by atoms with E-state index in [2.05, 4.69) is 23.5 Å². The van der Waals surface area contributed by atoms with Crippen molar-refractivity contribution in [2.24, 2.45) is 0 Å². The van der Waals surface area contributed by atoms with E-state index < -0.39 is 12.0 Å². The second-order valence-corrected chi connectivity index (χ2v) is 5.58. The van der Waals surface area contributed by atoms with Crippen molar-refractivity contribution in [2.45, 2.75) is 31.3 Å².